The Balaban J connectivity index is 1.41. The molecule has 0 aromatic heterocycles. The van der Waals surface area contributed by atoms with Gasteiger partial charge in [0.25, 0.3) is 11.7 Å². The highest BCUT2D eigenvalue weighted by molar-refractivity contribution is 6.39. The van der Waals surface area contributed by atoms with E-state index in [1.165, 1.54) is 12.0 Å². The number of hydrogen-bond acceptors (Lipinski definition) is 16. The number of ether oxygens (including phenoxy) is 7. The van der Waals surface area contributed by atoms with Gasteiger partial charge in [-0.3, -0.25) is 24.1 Å². The summed E-state index contributed by atoms with van der Waals surface area (Å²) in [6.07, 6.45) is 12.7. The van der Waals surface area contributed by atoms with Crippen LogP contribution in [-0.2, 0) is 57.1 Å². The molecule has 2 unspecified atom stereocenters. The van der Waals surface area contributed by atoms with Crippen LogP contribution in [0.1, 0.15) is 146 Å². The van der Waals surface area contributed by atoms with Crippen LogP contribution < -0.4 is 0 Å². The molecule has 442 valence electrons. The molecule has 5 aliphatic rings. The van der Waals surface area contributed by atoms with Gasteiger partial charge in [-0.25, -0.2) is 4.79 Å². The van der Waals surface area contributed by atoms with E-state index in [1.54, 1.807) is 34.0 Å². The van der Waals surface area contributed by atoms with Gasteiger partial charge in [-0.2, -0.15) is 0 Å². The normalized spacial score (nSPS) is 37.8. The largest absolute Gasteiger partial charge is 0.460 e. The number of piperidine rings is 1. The minimum Gasteiger partial charge on any atom is -0.460 e. The topological polar surface area (TPSA) is 217 Å². The fourth-order valence-electron chi connectivity index (χ4n) is 12.2. The van der Waals surface area contributed by atoms with E-state index in [1.807, 2.05) is 58.1 Å². The SMILES string of the molecule is CO[C@@H]1C[C@H](C[C@@H](C)[C@@H]2CC(=O)[C@H](C)/C=C(\C)[C@@H](O)[C@@H](OC)C(=O)[C@H](C)C[C@H](C)/C=C/C=C/C=C(\C)C(OCCO)C[C@@H]3CC[C@@H](C)[C@@](O)(O3)C(=O)C(=O)N3CCCCC3C(=O)O2)CC[C@H]1OCCCN1CCOC(C)(C)C1. The van der Waals surface area contributed by atoms with Crippen LogP contribution in [0, 0.1) is 35.5 Å². The Labute approximate surface area is 465 Å². The van der Waals surface area contributed by atoms with Crippen LogP contribution in [0.5, 0.6) is 0 Å². The second kappa shape index (κ2) is 31.1. The van der Waals surface area contributed by atoms with Crippen molar-refractivity contribution in [1.29, 1.82) is 0 Å². The number of nitrogens with zero attached hydrogens (tertiary/aromatic N) is 2. The lowest BCUT2D eigenvalue weighted by atomic mass is 9.78. The summed E-state index contributed by atoms with van der Waals surface area (Å²) in [6, 6.07) is -1.16. The monoisotopic (exact) mass is 1100 g/mol. The lowest BCUT2D eigenvalue weighted by molar-refractivity contribution is -0.266. The Kier molecular flexibility index (Phi) is 26.0. The van der Waals surface area contributed by atoms with Gasteiger partial charge in [0.05, 0.1) is 49.8 Å². The second-order valence-electron chi connectivity index (χ2n) is 24.0. The van der Waals surface area contributed by atoms with E-state index >= 15 is 0 Å². The van der Waals surface area contributed by atoms with Crippen LogP contribution >= 0.6 is 0 Å². The Morgan fingerprint density at radius 1 is 0.846 bits per heavy atom. The lowest BCUT2D eigenvalue weighted by Gasteiger charge is -2.43. The molecule has 17 heteroatoms. The number of esters is 1. The number of hydrogen-bond donors (Lipinski definition) is 3. The predicted octanol–water partition coefficient (Wildman–Crippen LogP) is 7.07. The molecular formula is C61H98N2O15. The first-order valence-electron chi connectivity index (χ1n) is 29.2. The Bertz CT molecular complexity index is 2090. The first-order valence-corrected chi connectivity index (χ1v) is 29.2. The number of aliphatic hydroxyl groups is 3. The van der Waals surface area contributed by atoms with Crippen LogP contribution in [0.4, 0.5) is 0 Å². The molecule has 0 aromatic rings. The molecule has 3 N–H and O–H groups in total. The molecule has 2 bridgehead atoms. The summed E-state index contributed by atoms with van der Waals surface area (Å²) >= 11 is 0. The molecule has 3 saturated heterocycles. The highest BCUT2D eigenvalue weighted by Gasteiger charge is 2.53. The van der Waals surface area contributed by atoms with Crippen LogP contribution in [0.25, 0.3) is 0 Å². The highest BCUT2D eigenvalue weighted by Crippen LogP contribution is 2.38. The summed E-state index contributed by atoms with van der Waals surface area (Å²) < 4.78 is 42.7. The molecule has 4 heterocycles. The van der Waals surface area contributed by atoms with Gasteiger partial charge in [-0.05, 0) is 127 Å². The number of amides is 1. The third kappa shape index (κ3) is 18.5. The minimum atomic E-state index is -2.48. The molecule has 1 saturated carbocycles. The Morgan fingerprint density at radius 2 is 1.60 bits per heavy atom. The van der Waals surface area contributed by atoms with Gasteiger partial charge in [0.2, 0.25) is 5.79 Å². The van der Waals surface area contributed by atoms with Crippen molar-refractivity contribution in [2.45, 2.75) is 206 Å². The van der Waals surface area contributed by atoms with Gasteiger partial charge in [0, 0.05) is 77.6 Å². The van der Waals surface area contributed by atoms with Crippen molar-refractivity contribution < 1.29 is 72.5 Å². The van der Waals surface area contributed by atoms with Gasteiger partial charge in [0.1, 0.15) is 30.1 Å². The molecule has 17 nitrogen and oxygen atoms in total. The molecule has 4 fully saturated rings. The third-order valence-corrected chi connectivity index (χ3v) is 17.0. The molecule has 0 radical (unpaired) electrons. The van der Waals surface area contributed by atoms with E-state index in [4.69, 9.17) is 33.2 Å². The number of cyclic esters (lactones) is 1. The maximum absolute atomic E-state index is 14.7. The average molecular weight is 1100 g/mol. The van der Waals surface area contributed by atoms with Crippen LogP contribution in [0.2, 0.25) is 0 Å². The van der Waals surface area contributed by atoms with Crippen molar-refractivity contribution in [1.82, 2.24) is 9.80 Å². The number of rotatable bonds is 13. The van der Waals surface area contributed by atoms with Gasteiger partial charge in [-0.15, -0.1) is 0 Å². The number of aliphatic hydroxyl groups excluding tert-OH is 2. The zero-order chi connectivity index (χ0) is 57.3. The standard InChI is InChI=1S/C61H98N2O15/c1-39-18-13-12-14-19-40(2)51(75-31-28-64)36-47-23-21-45(7)61(71,78-47)57(68)58(69)63-26-16-15-20-48(63)59(70)77-52(37-49(65)41(3)33-44(6)55(67)56(73-11)54(66)43(5)32-39)42(4)34-46-22-24-50(53(35-46)72-10)74-29-17-25-62-27-30-76-60(8,9)38-62/h12-14,18-19,33,39,41-43,45-48,50-53,55-56,64,67,71H,15-17,20-32,34-38H2,1-11H3/b14-12+,18-13+,40-19+,44-33+/t39-,41-,42-,43-,45-,46+,47+,48?,50-,51?,52+,53-,55-,56+,61-/m1/s1. The van der Waals surface area contributed by atoms with E-state index in [-0.39, 0.29) is 86.2 Å². The minimum absolute atomic E-state index is 0.0108. The van der Waals surface area contributed by atoms with Crippen LogP contribution in [0.3, 0.4) is 0 Å². The molecular weight excluding hydrogens is 1000 g/mol. The maximum atomic E-state index is 14.7. The predicted molar refractivity (Wildman–Crippen MR) is 296 cm³/mol. The van der Waals surface area contributed by atoms with Gasteiger partial charge in [-0.1, -0.05) is 71.1 Å². The smallest absolute Gasteiger partial charge is 0.329 e. The number of methoxy groups -OCH3 is 2. The summed E-state index contributed by atoms with van der Waals surface area (Å²) in [7, 11) is 3.09. The maximum Gasteiger partial charge on any atom is 0.329 e. The fourth-order valence-corrected chi connectivity index (χ4v) is 12.2. The molecule has 5 rings (SSSR count). The highest BCUT2D eigenvalue weighted by atomic mass is 16.6. The molecule has 15 atom stereocenters. The van der Waals surface area contributed by atoms with E-state index in [9.17, 15) is 39.3 Å². The molecule has 78 heavy (non-hydrogen) atoms. The summed E-state index contributed by atoms with van der Waals surface area (Å²) in [5, 5.41) is 33.4. The number of carbonyl (C=O) groups excluding carboxylic acids is 5. The van der Waals surface area contributed by atoms with E-state index in [0.29, 0.717) is 57.1 Å². The van der Waals surface area contributed by atoms with Crippen molar-refractivity contribution in [2.75, 3.05) is 66.8 Å². The Morgan fingerprint density at radius 3 is 2.31 bits per heavy atom. The van der Waals surface area contributed by atoms with Gasteiger partial charge >= 0.3 is 5.97 Å². The van der Waals surface area contributed by atoms with E-state index in [2.05, 4.69) is 18.7 Å². The van der Waals surface area contributed by atoms with E-state index in [0.717, 1.165) is 51.1 Å². The second-order valence-corrected chi connectivity index (χ2v) is 24.0. The number of morpholine rings is 1. The average Bonchev–Trinajstić information content (AvgIpc) is 3.46. The quantitative estimate of drug-likeness (QED) is 0.0728. The number of carbonyl (C=O) groups is 5. The summed E-state index contributed by atoms with van der Waals surface area (Å²) in [6.45, 7) is 20.8. The van der Waals surface area contributed by atoms with Crippen molar-refractivity contribution in [3.05, 3.63) is 47.6 Å². The Hall–Kier alpha value is -3.49. The van der Waals surface area contributed by atoms with E-state index < -0.39 is 77.8 Å². The number of allylic oxidation sites excluding steroid dienone is 6. The zero-order valence-corrected chi connectivity index (χ0v) is 49.0. The summed E-state index contributed by atoms with van der Waals surface area (Å²) in [5.74, 6) is -8.10. The van der Waals surface area contributed by atoms with Crippen molar-refractivity contribution in [3.8, 4) is 0 Å². The molecule has 4 aliphatic heterocycles. The zero-order valence-electron chi connectivity index (χ0n) is 49.0. The third-order valence-electron chi connectivity index (χ3n) is 17.0. The van der Waals surface area contributed by atoms with Crippen molar-refractivity contribution >= 4 is 29.2 Å². The number of Topliss-reactive ketones (excluding diaryl/α,β-unsaturated/α-hetero) is 3. The first kappa shape index (κ1) is 65.3. The van der Waals surface area contributed by atoms with Gasteiger partial charge < -0.3 is 53.4 Å². The first-order chi connectivity index (χ1) is 37.0. The summed E-state index contributed by atoms with van der Waals surface area (Å²) in [4.78, 5) is 75.4. The molecule has 0 aromatic carbocycles. The molecule has 1 amide bonds. The fraction of sp³-hybridized carbons (Fsp3) is 0.787. The summed E-state index contributed by atoms with van der Waals surface area (Å²) in [5.41, 5.74) is 1.03. The van der Waals surface area contributed by atoms with Gasteiger partial charge in [0.15, 0.2) is 5.78 Å². The molecule has 1 aliphatic carbocycles. The van der Waals surface area contributed by atoms with Crippen molar-refractivity contribution in [3.63, 3.8) is 0 Å². The van der Waals surface area contributed by atoms with Crippen molar-refractivity contribution in [2.24, 2.45) is 35.5 Å². The van der Waals surface area contributed by atoms with Crippen LogP contribution in [0.15, 0.2) is 47.6 Å². The van der Waals surface area contributed by atoms with Crippen LogP contribution in [-0.4, -0.2) is 181 Å². The number of ketones is 3. The lowest BCUT2D eigenvalue weighted by Crippen LogP contribution is -2.61. The molecule has 0 spiro atoms. The number of fused-ring (bicyclic) bond motifs is 3.